The lowest BCUT2D eigenvalue weighted by Crippen LogP contribution is -2.44. The summed E-state index contributed by atoms with van der Waals surface area (Å²) in [5.74, 6) is 0.433. The number of urea groups is 1. The lowest BCUT2D eigenvalue weighted by molar-refractivity contribution is -0.121. The van der Waals surface area contributed by atoms with Gasteiger partial charge in [0.1, 0.15) is 5.75 Å². The highest BCUT2D eigenvalue weighted by molar-refractivity contribution is 5.91. The van der Waals surface area contributed by atoms with Crippen molar-refractivity contribution < 1.29 is 14.3 Å². The van der Waals surface area contributed by atoms with E-state index in [1.54, 1.807) is 24.3 Å². The minimum absolute atomic E-state index is 0.187. The highest BCUT2D eigenvalue weighted by atomic mass is 16.5. The van der Waals surface area contributed by atoms with Crippen molar-refractivity contribution in [2.24, 2.45) is 7.05 Å². The monoisotopic (exact) mass is 316 g/mol. The second-order valence-corrected chi connectivity index (χ2v) is 4.87. The Morgan fingerprint density at radius 3 is 2.48 bits per heavy atom. The quantitative estimate of drug-likeness (QED) is 0.736. The van der Waals surface area contributed by atoms with Gasteiger partial charge in [-0.2, -0.15) is 0 Å². The zero-order chi connectivity index (χ0) is 16.7. The summed E-state index contributed by atoms with van der Waals surface area (Å²) in [5.41, 5.74) is 6.13. The fraction of sp³-hybridized carbons (Fsp3) is 0.250. The molecular formula is C16H20N4O3. The molecule has 7 nitrogen and oxygen atoms in total. The Morgan fingerprint density at radius 2 is 1.87 bits per heavy atom. The molecule has 0 aliphatic rings. The summed E-state index contributed by atoms with van der Waals surface area (Å²) in [6.45, 7) is 2.48. The lowest BCUT2D eigenvalue weighted by atomic mass is 10.3. The van der Waals surface area contributed by atoms with E-state index in [2.05, 4.69) is 16.2 Å². The number of nitrogens with zero attached hydrogens (tertiary/aromatic N) is 1. The highest BCUT2D eigenvalue weighted by Crippen LogP contribution is 2.15. The van der Waals surface area contributed by atoms with Crippen LogP contribution in [0, 0.1) is 0 Å². The Balaban J connectivity index is 1.76. The van der Waals surface area contributed by atoms with Crippen molar-refractivity contribution in [1.29, 1.82) is 0 Å². The molecule has 1 aromatic heterocycles. The number of hydrogen-bond acceptors (Lipinski definition) is 3. The summed E-state index contributed by atoms with van der Waals surface area (Å²) in [6.07, 6.45) is 2.04. The fourth-order valence-corrected chi connectivity index (χ4v) is 1.98. The molecule has 122 valence electrons. The smallest absolute Gasteiger partial charge is 0.337 e. The maximum atomic E-state index is 11.8. The number of carbonyl (C=O) groups excluding carboxylic acids is 2. The second kappa shape index (κ2) is 7.88. The summed E-state index contributed by atoms with van der Waals surface area (Å²) >= 11 is 0. The maximum absolute atomic E-state index is 11.8. The van der Waals surface area contributed by atoms with Crippen LogP contribution in [0.15, 0.2) is 42.6 Å². The molecule has 0 saturated heterocycles. The van der Waals surface area contributed by atoms with E-state index >= 15 is 0 Å². The number of aromatic nitrogens is 1. The van der Waals surface area contributed by atoms with E-state index in [1.807, 2.05) is 36.9 Å². The van der Waals surface area contributed by atoms with Gasteiger partial charge >= 0.3 is 6.03 Å². The predicted molar refractivity (Wildman–Crippen MR) is 87.0 cm³/mol. The zero-order valence-electron chi connectivity index (χ0n) is 13.1. The van der Waals surface area contributed by atoms with Gasteiger partial charge in [-0.1, -0.05) is 0 Å². The van der Waals surface area contributed by atoms with Crippen molar-refractivity contribution in [1.82, 2.24) is 15.4 Å². The third kappa shape index (κ3) is 5.06. The Labute approximate surface area is 134 Å². The van der Waals surface area contributed by atoms with Crippen LogP contribution in [0.5, 0.6) is 5.75 Å². The number of rotatable bonds is 5. The largest absolute Gasteiger partial charge is 0.494 e. The van der Waals surface area contributed by atoms with Crippen molar-refractivity contribution in [2.75, 3.05) is 11.9 Å². The molecule has 0 atom stereocenters. The summed E-state index contributed by atoms with van der Waals surface area (Å²) in [4.78, 5) is 23.5. The van der Waals surface area contributed by atoms with E-state index in [0.29, 0.717) is 12.3 Å². The summed E-state index contributed by atoms with van der Waals surface area (Å²) < 4.78 is 7.16. The van der Waals surface area contributed by atoms with Gasteiger partial charge in [-0.3, -0.25) is 10.2 Å². The number of carbonyl (C=O) groups is 2. The zero-order valence-corrected chi connectivity index (χ0v) is 13.1. The average Bonchev–Trinajstić information content (AvgIpc) is 2.93. The first-order chi connectivity index (χ1) is 11.1. The number of benzene rings is 1. The fourth-order valence-electron chi connectivity index (χ4n) is 1.98. The Bertz CT molecular complexity index is 664. The average molecular weight is 316 g/mol. The topological polar surface area (TPSA) is 84.4 Å². The minimum Gasteiger partial charge on any atom is -0.494 e. The van der Waals surface area contributed by atoms with Crippen molar-refractivity contribution in [3.8, 4) is 5.75 Å². The van der Waals surface area contributed by atoms with Crippen LogP contribution in [0.25, 0.3) is 0 Å². The molecule has 0 aliphatic heterocycles. The number of hydrazine groups is 1. The van der Waals surface area contributed by atoms with E-state index in [4.69, 9.17) is 4.74 Å². The van der Waals surface area contributed by atoms with Crippen LogP contribution < -0.4 is 20.9 Å². The van der Waals surface area contributed by atoms with Gasteiger partial charge in [0.2, 0.25) is 5.91 Å². The van der Waals surface area contributed by atoms with E-state index in [9.17, 15) is 9.59 Å². The van der Waals surface area contributed by atoms with E-state index in [0.717, 1.165) is 11.4 Å². The van der Waals surface area contributed by atoms with Crippen molar-refractivity contribution in [3.63, 3.8) is 0 Å². The first-order valence-corrected chi connectivity index (χ1v) is 7.27. The number of ether oxygens (including phenoxy) is 1. The van der Waals surface area contributed by atoms with Gasteiger partial charge in [0.05, 0.1) is 13.0 Å². The third-order valence-corrected chi connectivity index (χ3v) is 3.13. The van der Waals surface area contributed by atoms with E-state index in [1.165, 1.54) is 0 Å². The lowest BCUT2D eigenvalue weighted by Gasteiger charge is -2.10. The Hall–Kier alpha value is -2.96. The van der Waals surface area contributed by atoms with Gasteiger partial charge in [-0.15, -0.1) is 0 Å². The summed E-state index contributed by atoms with van der Waals surface area (Å²) in [5, 5.41) is 2.61. The SMILES string of the molecule is CCOc1ccc(NC(=O)NNC(=O)Cc2cccn2C)cc1. The van der Waals surface area contributed by atoms with Gasteiger partial charge in [0, 0.05) is 24.6 Å². The highest BCUT2D eigenvalue weighted by Gasteiger charge is 2.07. The number of nitrogens with one attached hydrogen (secondary N) is 3. The van der Waals surface area contributed by atoms with Crippen LogP contribution in [0.1, 0.15) is 12.6 Å². The summed E-state index contributed by atoms with van der Waals surface area (Å²) in [7, 11) is 1.86. The molecule has 0 saturated carbocycles. The Morgan fingerprint density at radius 1 is 1.13 bits per heavy atom. The number of hydrogen-bond donors (Lipinski definition) is 3. The van der Waals surface area contributed by atoms with Crippen LogP contribution in [-0.4, -0.2) is 23.1 Å². The van der Waals surface area contributed by atoms with Gasteiger partial charge in [0.15, 0.2) is 0 Å². The van der Waals surface area contributed by atoms with Gasteiger partial charge in [-0.05, 0) is 43.3 Å². The molecule has 1 aromatic carbocycles. The molecule has 2 aromatic rings. The molecule has 1 heterocycles. The summed E-state index contributed by atoms with van der Waals surface area (Å²) in [6, 6.07) is 10.1. The predicted octanol–water partition coefficient (Wildman–Crippen LogP) is 1.82. The molecule has 0 spiro atoms. The molecule has 0 fully saturated rings. The first-order valence-electron chi connectivity index (χ1n) is 7.27. The maximum Gasteiger partial charge on any atom is 0.337 e. The third-order valence-electron chi connectivity index (χ3n) is 3.13. The van der Waals surface area contributed by atoms with Crippen LogP contribution in [0.4, 0.5) is 10.5 Å². The van der Waals surface area contributed by atoms with E-state index in [-0.39, 0.29) is 12.3 Å². The number of anilines is 1. The molecule has 23 heavy (non-hydrogen) atoms. The first kappa shape index (κ1) is 16.4. The molecule has 2 rings (SSSR count). The van der Waals surface area contributed by atoms with E-state index < -0.39 is 6.03 Å². The van der Waals surface area contributed by atoms with Crippen LogP contribution >= 0.6 is 0 Å². The van der Waals surface area contributed by atoms with Crippen LogP contribution in [0.2, 0.25) is 0 Å². The minimum atomic E-state index is -0.519. The Kier molecular flexibility index (Phi) is 5.62. The van der Waals surface area contributed by atoms with Gasteiger partial charge in [-0.25, -0.2) is 10.2 Å². The standard InChI is InChI=1S/C16H20N4O3/c1-3-23-14-8-6-12(7-9-14)17-16(22)19-18-15(21)11-13-5-4-10-20(13)2/h4-10H,3,11H2,1-2H3,(H,18,21)(H2,17,19,22). The molecule has 0 aliphatic carbocycles. The molecule has 3 N–H and O–H groups in total. The molecule has 7 heteroatoms. The van der Waals surface area contributed by atoms with Crippen molar-refractivity contribution in [2.45, 2.75) is 13.3 Å². The van der Waals surface area contributed by atoms with Crippen molar-refractivity contribution >= 4 is 17.6 Å². The molecule has 0 bridgehead atoms. The van der Waals surface area contributed by atoms with Gasteiger partial charge < -0.3 is 14.6 Å². The number of amides is 3. The molecule has 0 unspecified atom stereocenters. The number of aryl methyl sites for hydroxylation is 1. The molecular weight excluding hydrogens is 296 g/mol. The molecule has 3 amide bonds. The van der Waals surface area contributed by atoms with Crippen LogP contribution in [0.3, 0.4) is 0 Å². The normalized spacial score (nSPS) is 10.0. The molecule has 0 radical (unpaired) electrons. The second-order valence-electron chi connectivity index (χ2n) is 4.87. The van der Waals surface area contributed by atoms with Crippen molar-refractivity contribution in [3.05, 3.63) is 48.3 Å². The van der Waals surface area contributed by atoms with Gasteiger partial charge in [0.25, 0.3) is 0 Å². The van der Waals surface area contributed by atoms with Crippen LogP contribution in [-0.2, 0) is 18.3 Å².